The number of thioether (sulfide) groups is 1. The van der Waals surface area contributed by atoms with Crippen LogP contribution in [0.4, 0.5) is 11.6 Å². The molecule has 0 spiro atoms. The van der Waals surface area contributed by atoms with Crippen LogP contribution in [-0.2, 0) is 0 Å². The zero-order valence-electron chi connectivity index (χ0n) is 12.1. The Morgan fingerprint density at radius 2 is 2.11 bits per heavy atom. The van der Waals surface area contributed by atoms with Gasteiger partial charge in [-0.15, -0.1) is 0 Å². The van der Waals surface area contributed by atoms with Crippen molar-refractivity contribution in [3.8, 4) is 0 Å². The monoisotopic (exact) mass is 280 g/mol. The van der Waals surface area contributed by atoms with Crippen molar-refractivity contribution in [1.29, 1.82) is 0 Å². The third-order valence-electron chi connectivity index (χ3n) is 3.30. The minimum Gasteiger partial charge on any atom is -0.373 e. The first-order valence-electron chi connectivity index (χ1n) is 7.11. The van der Waals surface area contributed by atoms with E-state index in [2.05, 4.69) is 46.2 Å². The van der Waals surface area contributed by atoms with Crippen LogP contribution in [0.3, 0.4) is 0 Å². The number of nitrogens with zero attached hydrogens (tertiary/aromatic N) is 2. The van der Waals surface area contributed by atoms with E-state index in [9.17, 15) is 0 Å². The maximum absolute atomic E-state index is 4.59. The lowest BCUT2D eigenvalue weighted by atomic mass is 10.2. The van der Waals surface area contributed by atoms with Gasteiger partial charge in [-0.2, -0.15) is 11.8 Å². The summed E-state index contributed by atoms with van der Waals surface area (Å²) in [6.45, 7) is 5.24. The van der Waals surface area contributed by atoms with Crippen LogP contribution in [0.15, 0.2) is 6.07 Å². The summed E-state index contributed by atoms with van der Waals surface area (Å²) in [6, 6.07) is 1.99. The summed E-state index contributed by atoms with van der Waals surface area (Å²) in [6.07, 6.45) is 4.05. The van der Waals surface area contributed by atoms with E-state index in [0.29, 0.717) is 5.92 Å². The molecule has 0 bridgehead atoms. The van der Waals surface area contributed by atoms with Gasteiger partial charge >= 0.3 is 0 Å². The lowest BCUT2D eigenvalue weighted by Crippen LogP contribution is -2.21. The molecule has 2 rings (SSSR count). The molecule has 1 aromatic rings. The molecule has 5 heteroatoms. The van der Waals surface area contributed by atoms with Crippen molar-refractivity contribution in [1.82, 2.24) is 9.97 Å². The second kappa shape index (κ2) is 6.98. The topological polar surface area (TPSA) is 49.8 Å². The number of hydrogen-bond donors (Lipinski definition) is 2. The van der Waals surface area contributed by atoms with E-state index < -0.39 is 0 Å². The molecule has 1 atom stereocenters. The maximum Gasteiger partial charge on any atom is 0.135 e. The third kappa shape index (κ3) is 4.27. The normalized spacial score (nSPS) is 19.5. The van der Waals surface area contributed by atoms with Gasteiger partial charge < -0.3 is 10.6 Å². The largest absolute Gasteiger partial charge is 0.373 e. The lowest BCUT2D eigenvalue weighted by Gasteiger charge is -2.22. The number of hydrogen-bond acceptors (Lipinski definition) is 5. The minimum absolute atomic E-state index is 0.345. The Kier molecular flexibility index (Phi) is 5.31. The van der Waals surface area contributed by atoms with E-state index >= 15 is 0 Å². The van der Waals surface area contributed by atoms with E-state index in [1.807, 2.05) is 13.1 Å². The van der Waals surface area contributed by atoms with Crippen LogP contribution in [-0.4, -0.2) is 34.6 Å². The fourth-order valence-corrected chi connectivity index (χ4v) is 3.37. The van der Waals surface area contributed by atoms with Gasteiger partial charge in [0.05, 0.1) is 0 Å². The SMILES string of the molecule is CNc1cc(NCC2CCCCS2)nc(C(C)C)n1. The summed E-state index contributed by atoms with van der Waals surface area (Å²) in [7, 11) is 1.90. The van der Waals surface area contributed by atoms with Gasteiger partial charge in [-0.1, -0.05) is 20.3 Å². The molecule has 1 fully saturated rings. The summed E-state index contributed by atoms with van der Waals surface area (Å²) in [5.74, 6) is 4.37. The van der Waals surface area contributed by atoms with Crippen molar-refractivity contribution >= 4 is 23.4 Å². The lowest BCUT2D eigenvalue weighted by molar-refractivity contribution is 0.676. The summed E-state index contributed by atoms with van der Waals surface area (Å²) in [5, 5.41) is 7.30. The van der Waals surface area contributed by atoms with Gasteiger partial charge in [0.1, 0.15) is 17.5 Å². The highest BCUT2D eigenvalue weighted by Crippen LogP contribution is 2.25. The van der Waals surface area contributed by atoms with E-state index in [1.165, 1.54) is 25.0 Å². The predicted octanol–water partition coefficient (Wildman–Crippen LogP) is 3.34. The summed E-state index contributed by atoms with van der Waals surface area (Å²) < 4.78 is 0. The Morgan fingerprint density at radius 1 is 1.32 bits per heavy atom. The molecule has 0 aromatic carbocycles. The van der Waals surface area contributed by atoms with Gasteiger partial charge in [-0.3, -0.25) is 0 Å². The molecule has 0 saturated carbocycles. The zero-order chi connectivity index (χ0) is 13.7. The molecule has 0 aliphatic carbocycles. The molecular weight excluding hydrogens is 256 g/mol. The van der Waals surface area contributed by atoms with E-state index in [4.69, 9.17) is 0 Å². The van der Waals surface area contributed by atoms with Crippen LogP contribution >= 0.6 is 11.8 Å². The van der Waals surface area contributed by atoms with Crippen LogP contribution in [0, 0.1) is 0 Å². The summed E-state index contributed by atoms with van der Waals surface area (Å²) in [4.78, 5) is 9.07. The smallest absolute Gasteiger partial charge is 0.135 e. The van der Waals surface area contributed by atoms with Crippen LogP contribution in [0.2, 0.25) is 0 Å². The molecule has 0 radical (unpaired) electrons. The molecule has 1 aliphatic rings. The molecule has 2 N–H and O–H groups in total. The molecule has 1 unspecified atom stereocenters. The molecule has 1 aromatic heterocycles. The third-order valence-corrected chi connectivity index (χ3v) is 4.70. The first kappa shape index (κ1) is 14.4. The summed E-state index contributed by atoms with van der Waals surface area (Å²) >= 11 is 2.08. The van der Waals surface area contributed by atoms with Crippen molar-refractivity contribution in [3.63, 3.8) is 0 Å². The predicted molar refractivity (Wildman–Crippen MR) is 84.3 cm³/mol. The van der Waals surface area contributed by atoms with Crippen LogP contribution in [0.5, 0.6) is 0 Å². The average molecular weight is 280 g/mol. The first-order valence-corrected chi connectivity index (χ1v) is 8.16. The second-order valence-electron chi connectivity index (χ2n) is 5.27. The van der Waals surface area contributed by atoms with E-state index in [1.54, 1.807) is 0 Å². The number of anilines is 2. The highest BCUT2D eigenvalue weighted by Gasteiger charge is 2.14. The molecule has 0 amide bonds. The summed E-state index contributed by atoms with van der Waals surface area (Å²) in [5.41, 5.74) is 0. The highest BCUT2D eigenvalue weighted by molar-refractivity contribution is 7.99. The molecule has 4 nitrogen and oxygen atoms in total. The Labute approximate surface area is 120 Å². The van der Waals surface area contributed by atoms with Gasteiger partial charge in [0.15, 0.2) is 0 Å². The highest BCUT2D eigenvalue weighted by atomic mass is 32.2. The number of nitrogens with one attached hydrogen (secondary N) is 2. The van der Waals surface area contributed by atoms with Gasteiger partial charge in [-0.25, -0.2) is 9.97 Å². The Hall–Kier alpha value is -0.970. The quantitative estimate of drug-likeness (QED) is 0.866. The van der Waals surface area contributed by atoms with Crippen LogP contribution < -0.4 is 10.6 Å². The Morgan fingerprint density at radius 3 is 2.74 bits per heavy atom. The van der Waals surface area contributed by atoms with Crippen molar-refractivity contribution in [2.45, 2.75) is 44.3 Å². The van der Waals surface area contributed by atoms with Crippen molar-refractivity contribution in [2.24, 2.45) is 0 Å². The Bertz CT molecular complexity index is 402. The molecule has 2 heterocycles. The van der Waals surface area contributed by atoms with Crippen molar-refractivity contribution < 1.29 is 0 Å². The minimum atomic E-state index is 0.345. The van der Waals surface area contributed by atoms with Crippen molar-refractivity contribution in [3.05, 3.63) is 11.9 Å². The fraction of sp³-hybridized carbons (Fsp3) is 0.714. The fourth-order valence-electron chi connectivity index (χ4n) is 2.13. The van der Waals surface area contributed by atoms with Crippen LogP contribution in [0.1, 0.15) is 44.9 Å². The molecule has 1 saturated heterocycles. The average Bonchev–Trinajstić information content (AvgIpc) is 2.45. The molecule has 106 valence electrons. The Balaban J connectivity index is 2.00. The number of aromatic nitrogens is 2. The van der Waals surface area contributed by atoms with E-state index in [-0.39, 0.29) is 0 Å². The maximum atomic E-state index is 4.59. The molecular formula is C14H24N4S. The van der Waals surface area contributed by atoms with Gasteiger partial charge in [0.2, 0.25) is 0 Å². The zero-order valence-corrected chi connectivity index (χ0v) is 12.9. The standard InChI is InChI=1S/C14H24N4S/c1-10(2)14-17-12(15-3)8-13(18-14)16-9-11-6-4-5-7-19-11/h8,10-11H,4-7,9H2,1-3H3,(H2,15,16,17,18). The van der Waals surface area contributed by atoms with E-state index in [0.717, 1.165) is 29.3 Å². The second-order valence-corrected chi connectivity index (χ2v) is 6.68. The van der Waals surface area contributed by atoms with Crippen molar-refractivity contribution in [2.75, 3.05) is 30.0 Å². The molecule has 19 heavy (non-hydrogen) atoms. The first-order chi connectivity index (χ1) is 9.19. The van der Waals surface area contributed by atoms with Crippen LogP contribution in [0.25, 0.3) is 0 Å². The number of rotatable bonds is 5. The van der Waals surface area contributed by atoms with Gasteiger partial charge in [0, 0.05) is 30.8 Å². The molecule has 1 aliphatic heterocycles. The van der Waals surface area contributed by atoms with Gasteiger partial charge in [-0.05, 0) is 18.6 Å². The van der Waals surface area contributed by atoms with Gasteiger partial charge in [0.25, 0.3) is 0 Å².